The first kappa shape index (κ1) is 17.4. The minimum Gasteiger partial charge on any atom is -0.468 e. The van der Waals surface area contributed by atoms with E-state index < -0.39 is 0 Å². The molecule has 2 atom stereocenters. The van der Waals surface area contributed by atoms with Crippen molar-refractivity contribution in [3.63, 3.8) is 0 Å². The van der Waals surface area contributed by atoms with Crippen LogP contribution in [0.2, 0.25) is 0 Å². The molecule has 0 radical (unpaired) electrons. The third-order valence-electron chi connectivity index (χ3n) is 4.31. The molecule has 1 N–H and O–H groups in total. The number of nitrogens with zero attached hydrogens (tertiary/aromatic N) is 1. The van der Waals surface area contributed by atoms with Gasteiger partial charge >= 0.3 is 5.97 Å². The fraction of sp³-hybridized carbons (Fsp3) is 0.938. The lowest BCUT2D eigenvalue weighted by Crippen LogP contribution is -2.40. The van der Waals surface area contributed by atoms with Gasteiger partial charge < -0.3 is 15.0 Å². The second kappa shape index (κ2) is 10.2. The summed E-state index contributed by atoms with van der Waals surface area (Å²) in [4.78, 5) is 14.2. The van der Waals surface area contributed by atoms with Crippen LogP contribution in [0.3, 0.4) is 0 Å². The van der Waals surface area contributed by atoms with E-state index in [0.717, 1.165) is 25.4 Å². The molecule has 1 rings (SSSR count). The van der Waals surface area contributed by atoms with Gasteiger partial charge in [-0.15, -0.1) is 0 Å². The lowest BCUT2D eigenvalue weighted by atomic mass is 9.96. The van der Waals surface area contributed by atoms with E-state index in [4.69, 9.17) is 4.74 Å². The van der Waals surface area contributed by atoms with Gasteiger partial charge in [-0.1, -0.05) is 26.7 Å². The number of likely N-dealkylation sites (tertiary alicyclic amines) is 1. The molecular formula is C16H32N2O2. The second-order valence-electron chi connectivity index (χ2n) is 5.85. The Balaban J connectivity index is 2.34. The Morgan fingerprint density at radius 1 is 1.35 bits per heavy atom. The van der Waals surface area contributed by atoms with Crippen LogP contribution in [0.15, 0.2) is 0 Å². The molecule has 1 fully saturated rings. The number of carbonyl (C=O) groups excluding carboxylic acids is 1. The molecule has 1 saturated heterocycles. The van der Waals surface area contributed by atoms with Gasteiger partial charge in [0.25, 0.3) is 0 Å². The van der Waals surface area contributed by atoms with Crippen molar-refractivity contribution in [2.45, 2.75) is 58.4 Å². The summed E-state index contributed by atoms with van der Waals surface area (Å²) in [5, 5.41) is 3.22. The van der Waals surface area contributed by atoms with E-state index in [1.165, 1.54) is 52.3 Å². The molecule has 4 nitrogen and oxygen atoms in total. The predicted octanol–water partition coefficient (Wildman–Crippen LogP) is 2.43. The van der Waals surface area contributed by atoms with E-state index in [2.05, 4.69) is 17.1 Å². The van der Waals surface area contributed by atoms with Crippen LogP contribution in [0.4, 0.5) is 0 Å². The van der Waals surface area contributed by atoms with Gasteiger partial charge in [0.05, 0.1) is 7.11 Å². The molecule has 0 aromatic rings. The molecule has 4 heteroatoms. The van der Waals surface area contributed by atoms with E-state index in [0.29, 0.717) is 0 Å². The molecule has 2 unspecified atom stereocenters. The summed E-state index contributed by atoms with van der Waals surface area (Å²) in [5.74, 6) is 0.778. The molecule has 1 heterocycles. The third-order valence-corrected chi connectivity index (χ3v) is 4.31. The van der Waals surface area contributed by atoms with Crippen molar-refractivity contribution in [3.05, 3.63) is 0 Å². The Kier molecular flexibility index (Phi) is 8.86. The molecule has 0 amide bonds. The molecule has 1 aliphatic heterocycles. The summed E-state index contributed by atoms with van der Waals surface area (Å²) in [6.07, 6.45) is 7.51. The number of carbonyl (C=O) groups is 1. The summed E-state index contributed by atoms with van der Waals surface area (Å²) in [6.45, 7) is 8.46. The standard InChI is InChI=1S/C16H32N2O2/c1-4-7-14-8-6-11-18(12-9-14)13-10-15(17-5-2)16(19)20-3/h14-15,17H,4-13H2,1-3H3. The first-order valence-electron chi connectivity index (χ1n) is 8.24. The first-order valence-corrected chi connectivity index (χ1v) is 8.24. The van der Waals surface area contributed by atoms with E-state index in [1.807, 2.05) is 6.92 Å². The quantitative estimate of drug-likeness (QED) is 0.695. The fourth-order valence-electron chi connectivity index (χ4n) is 3.15. The number of ether oxygens (including phenoxy) is 1. The molecule has 20 heavy (non-hydrogen) atoms. The van der Waals surface area contributed by atoms with Gasteiger partial charge in [0.15, 0.2) is 0 Å². The molecule has 118 valence electrons. The smallest absolute Gasteiger partial charge is 0.322 e. The topological polar surface area (TPSA) is 41.6 Å². The average Bonchev–Trinajstić information content (AvgIpc) is 2.68. The van der Waals surface area contributed by atoms with Crippen molar-refractivity contribution >= 4 is 5.97 Å². The highest BCUT2D eigenvalue weighted by Gasteiger charge is 2.21. The largest absolute Gasteiger partial charge is 0.468 e. The maximum Gasteiger partial charge on any atom is 0.322 e. The fourth-order valence-corrected chi connectivity index (χ4v) is 3.15. The minimum absolute atomic E-state index is 0.134. The Morgan fingerprint density at radius 3 is 2.80 bits per heavy atom. The number of rotatable bonds is 8. The monoisotopic (exact) mass is 284 g/mol. The van der Waals surface area contributed by atoms with Gasteiger partial charge in [-0.2, -0.15) is 0 Å². The molecule has 0 spiro atoms. The molecule has 1 aliphatic rings. The van der Waals surface area contributed by atoms with E-state index in [-0.39, 0.29) is 12.0 Å². The van der Waals surface area contributed by atoms with Gasteiger partial charge in [0.1, 0.15) is 6.04 Å². The highest BCUT2D eigenvalue weighted by Crippen LogP contribution is 2.22. The summed E-state index contributed by atoms with van der Waals surface area (Å²) in [6, 6.07) is -0.153. The van der Waals surface area contributed by atoms with Crippen LogP contribution in [0, 0.1) is 5.92 Å². The molecule has 0 aromatic carbocycles. The number of hydrogen-bond acceptors (Lipinski definition) is 4. The zero-order valence-electron chi connectivity index (χ0n) is 13.5. The van der Waals surface area contributed by atoms with Gasteiger partial charge in [0.2, 0.25) is 0 Å². The summed E-state index contributed by atoms with van der Waals surface area (Å²) >= 11 is 0. The Labute approximate surface area is 124 Å². The van der Waals surface area contributed by atoms with Gasteiger partial charge in [-0.05, 0) is 51.2 Å². The lowest BCUT2D eigenvalue weighted by Gasteiger charge is -2.23. The highest BCUT2D eigenvalue weighted by atomic mass is 16.5. The zero-order chi connectivity index (χ0) is 14.8. The van der Waals surface area contributed by atoms with Crippen LogP contribution in [-0.4, -0.2) is 50.2 Å². The third kappa shape index (κ3) is 6.23. The SMILES string of the molecule is CCCC1CCCN(CCC(NCC)C(=O)OC)CC1. The second-order valence-corrected chi connectivity index (χ2v) is 5.85. The van der Waals surface area contributed by atoms with Crippen molar-refractivity contribution in [1.29, 1.82) is 0 Å². The van der Waals surface area contributed by atoms with Crippen molar-refractivity contribution in [3.8, 4) is 0 Å². The van der Waals surface area contributed by atoms with E-state index >= 15 is 0 Å². The number of nitrogens with one attached hydrogen (secondary N) is 1. The minimum atomic E-state index is -0.153. The average molecular weight is 284 g/mol. The number of esters is 1. The van der Waals surface area contributed by atoms with Crippen LogP contribution < -0.4 is 5.32 Å². The Morgan fingerprint density at radius 2 is 2.15 bits per heavy atom. The molecule has 0 bridgehead atoms. The van der Waals surface area contributed by atoms with Crippen LogP contribution in [0.25, 0.3) is 0 Å². The first-order chi connectivity index (χ1) is 9.71. The van der Waals surface area contributed by atoms with Gasteiger partial charge in [-0.3, -0.25) is 4.79 Å². The lowest BCUT2D eigenvalue weighted by molar-refractivity contribution is -0.143. The normalized spacial score (nSPS) is 22.2. The highest BCUT2D eigenvalue weighted by molar-refractivity contribution is 5.75. The molecule has 0 saturated carbocycles. The maximum absolute atomic E-state index is 11.7. The van der Waals surface area contributed by atoms with Crippen LogP contribution in [0.1, 0.15) is 52.4 Å². The van der Waals surface area contributed by atoms with E-state index in [9.17, 15) is 4.79 Å². The van der Waals surface area contributed by atoms with Gasteiger partial charge in [-0.25, -0.2) is 0 Å². The van der Waals surface area contributed by atoms with Gasteiger partial charge in [0, 0.05) is 6.54 Å². The van der Waals surface area contributed by atoms with Crippen LogP contribution >= 0.6 is 0 Å². The Hall–Kier alpha value is -0.610. The summed E-state index contributed by atoms with van der Waals surface area (Å²) < 4.78 is 4.86. The summed E-state index contributed by atoms with van der Waals surface area (Å²) in [5.41, 5.74) is 0. The molecule has 0 aromatic heterocycles. The number of hydrogen-bond donors (Lipinski definition) is 1. The van der Waals surface area contributed by atoms with Crippen molar-refractivity contribution in [2.75, 3.05) is 33.3 Å². The Bertz CT molecular complexity index is 271. The maximum atomic E-state index is 11.7. The van der Waals surface area contributed by atoms with Crippen LogP contribution in [0.5, 0.6) is 0 Å². The zero-order valence-corrected chi connectivity index (χ0v) is 13.5. The van der Waals surface area contributed by atoms with Crippen LogP contribution in [-0.2, 0) is 9.53 Å². The van der Waals surface area contributed by atoms with Crippen molar-refractivity contribution < 1.29 is 9.53 Å². The molecular weight excluding hydrogens is 252 g/mol. The van der Waals surface area contributed by atoms with Crippen molar-refractivity contribution in [1.82, 2.24) is 10.2 Å². The van der Waals surface area contributed by atoms with E-state index in [1.54, 1.807) is 0 Å². The number of methoxy groups -OCH3 is 1. The predicted molar refractivity (Wildman–Crippen MR) is 82.8 cm³/mol. The number of likely N-dealkylation sites (N-methyl/N-ethyl adjacent to an activating group) is 1. The summed E-state index contributed by atoms with van der Waals surface area (Å²) in [7, 11) is 1.47. The molecule has 0 aliphatic carbocycles. The van der Waals surface area contributed by atoms with Crippen molar-refractivity contribution in [2.24, 2.45) is 5.92 Å².